The molecule has 1 N–H and O–H groups in total. The number of benzene rings is 2. The van der Waals surface area contributed by atoms with Crippen LogP contribution in [0.15, 0.2) is 42.5 Å². The molecule has 34 heavy (non-hydrogen) atoms. The number of alkyl halides is 2. The van der Waals surface area contributed by atoms with E-state index in [0.717, 1.165) is 16.7 Å². The van der Waals surface area contributed by atoms with E-state index >= 15 is 0 Å². The normalized spacial score (nSPS) is 22.1. The molecule has 9 heteroatoms. The number of rotatable bonds is 6. The average molecular weight is 469 g/mol. The van der Waals surface area contributed by atoms with Gasteiger partial charge >= 0.3 is 0 Å². The van der Waals surface area contributed by atoms with Crippen LogP contribution in [-0.4, -0.2) is 52.6 Å². The average Bonchev–Trinajstić information content (AvgIpc) is 3.32. The first-order chi connectivity index (χ1) is 16.3. The Morgan fingerprint density at radius 1 is 1.06 bits per heavy atom. The number of likely N-dealkylation sites (tertiary alicyclic amines) is 1. The lowest BCUT2D eigenvalue weighted by Gasteiger charge is -2.29. The number of nitrogens with zero attached hydrogens (tertiary/aromatic N) is 2. The molecule has 2 aromatic carbocycles. The number of amides is 3. The summed E-state index contributed by atoms with van der Waals surface area (Å²) in [4.78, 5) is 39.9. The number of hydrogen-bond donors (Lipinski definition) is 1. The van der Waals surface area contributed by atoms with Crippen LogP contribution in [0.1, 0.15) is 46.3 Å². The number of carbonyl (C=O) groups is 3. The van der Waals surface area contributed by atoms with Gasteiger partial charge in [-0.3, -0.25) is 24.6 Å². The third-order valence-corrected chi connectivity index (χ3v) is 6.61. The van der Waals surface area contributed by atoms with Crippen molar-refractivity contribution in [2.45, 2.75) is 50.9 Å². The molecular weight excluding hydrogens is 444 g/mol. The summed E-state index contributed by atoms with van der Waals surface area (Å²) in [6.45, 7) is 1.21. The molecule has 0 saturated carbocycles. The summed E-state index contributed by atoms with van der Waals surface area (Å²) in [6, 6.07) is 12.2. The van der Waals surface area contributed by atoms with Crippen molar-refractivity contribution in [2.75, 3.05) is 13.1 Å². The molecule has 7 nitrogen and oxygen atoms in total. The van der Waals surface area contributed by atoms with E-state index < -0.39 is 17.9 Å². The van der Waals surface area contributed by atoms with Crippen LogP contribution in [0.2, 0.25) is 0 Å². The molecule has 3 aliphatic heterocycles. The number of nitrogens with one attached hydrogen (secondary N) is 1. The molecule has 5 rings (SSSR count). The van der Waals surface area contributed by atoms with Gasteiger partial charge in [-0.05, 0) is 29.7 Å². The summed E-state index contributed by atoms with van der Waals surface area (Å²) >= 11 is 0. The van der Waals surface area contributed by atoms with Gasteiger partial charge in [-0.25, -0.2) is 8.78 Å². The Kier molecular flexibility index (Phi) is 5.81. The van der Waals surface area contributed by atoms with Crippen molar-refractivity contribution in [3.05, 3.63) is 64.7 Å². The third kappa shape index (κ3) is 4.52. The third-order valence-electron chi connectivity index (χ3n) is 6.61. The second-order valence-corrected chi connectivity index (χ2v) is 9.10. The molecule has 0 bridgehead atoms. The van der Waals surface area contributed by atoms with Crippen molar-refractivity contribution in [3.63, 3.8) is 0 Å². The largest absolute Gasteiger partial charge is 0.489 e. The zero-order valence-electron chi connectivity index (χ0n) is 18.6. The molecule has 2 fully saturated rings. The van der Waals surface area contributed by atoms with E-state index in [2.05, 4.69) is 5.32 Å². The smallest absolute Gasteiger partial charge is 0.261 e. The number of ether oxygens (including phenoxy) is 1. The van der Waals surface area contributed by atoms with E-state index in [-0.39, 0.29) is 44.4 Å². The van der Waals surface area contributed by atoms with Crippen LogP contribution >= 0.6 is 0 Å². The van der Waals surface area contributed by atoms with Gasteiger partial charge in [0.25, 0.3) is 11.8 Å². The fraction of sp³-hybridized carbons (Fsp3) is 0.400. The Labute approximate surface area is 195 Å². The van der Waals surface area contributed by atoms with Gasteiger partial charge in [0, 0.05) is 37.1 Å². The molecule has 3 aliphatic rings. The number of piperidine rings is 1. The molecule has 1 unspecified atom stereocenters. The van der Waals surface area contributed by atoms with Crippen molar-refractivity contribution >= 4 is 17.7 Å². The van der Waals surface area contributed by atoms with Gasteiger partial charge in [0.2, 0.25) is 11.8 Å². The van der Waals surface area contributed by atoms with Crippen molar-refractivity contribution in [3.8, 4) is 5.75 Å². The van der Waals surface area contributed by atoms with E-state index in [9.17, 15) is 23.2 Å². The predicted octanol–water partition coefficient (Wildman–Crippen LogP) is 2.87. The van der Waals surface area contributed by atoms with Crippen LogP contribution in [-0.2, 0) is 29.3 Å². The molecule has 178 valence electrons. The van der Waals surface area contributed by atoms with Crippen LogP contribution in [0.25, 0.3) is 0 Å². The first-order valence-corrected chi connectivity index (χ1v) is 11.4. The molecule has 0 spiro atoms. The summed E-state index contributed by atoms with van der Waals surface area (Å²) in [5.74, 6) is -3.04. The predicted molar refractivity (Wildman–Crippen MR) is 118 cm³/mol. The lowest BCUT2D eigenvalue weighted by atomic mass is 10.0. The molecule has 0 radical (unpaired) electrons. The Balaban J connectivity index is 1.22. The lowest BCUT2D eigenvalue weighted by Crippen LogP contribution is -2.52. The molecular formula is C25H25F2N3O4. The molecule has 0 aliphatic carbocycles. The van der Waals surface area contributed by atoms with E-state index in [0.29, 0.717) is 30.8 Å². The van der Waals surface area contributed by atoms with Gasteiger partial charge in [-0.1, -0.05) is 30.3 Å². The number of hydrogen-bond acceptors (Lipinski definition) is 5. The number of fused-ring (bicyclic) bond motifs is 1. The summed E-state index contributed by atoms with van der Waals surface area (Å²) in [5, 5.41) is 2.30. The highest BCUT2D eigenvalue weighted by molar-refractivity contribution is 6.05. The van der Waals surface area contributed by atoms with Crippen LogP contribution in [0.3, 0.4) is 0 Å². The summed E-state index contributed by atoms with van der Waals surface area (Å²) in [5.41, 5.74) is 3.11. The minimum absolute atomic E-state index is 0.0935. The fourth-order valence-corrected chi connectivity index (χ4v) is 4.79. The van der Waals surface area contributed by atoms with E-state index in [1.807, 2.05) is 24.3 Å². The highest BCUT2D eigenvalue weighted by Gasteiger charge is 2.40. The van der Waals surface area contributed by atoms with Crippen LogP contribution in [0, 0.1) is 0 Å². The minimum atomic E-state index is -2.60. The van der Waals surface area contributed by atoms with Crippen molar-refractivity contribution in [2.24, 2.45) is 0 Å². The topological polar surface area (TPSA) is 79.0 Å². The van der Waals surface area contributed by atoms with Gasteiger partial charge in [-0.15, -0.1) is 0 Å². The molecule has 3 amide bonds. The number of imide groups is 1. The molecule has 2 saturated heterocycles. The standard InChI is InChI=1S/C25H25F2N3O4/c26-25(27)10-11-29(15-25)12-16-4-6-17(7-5-16)14-34-21-3-1-2-18-19(21)13-30(24(18)33)20-8-9-22(31)28-23(20)32/h1-7,20H,8-15H2,(H,28,31,32). The first-order valence-electron chi connectivity index (χ1n) is 11.4. The van der Waals surface area contributed by atoms with Gasteiger partial charge in [-0.2, -0.15) is 0 Å². The minimum Gasteiger partial charge on any atom is -0.489 e. The van der Waals surface area contributed by atoms with Crippen molar-refractivity contribution < 1.29 is 27.9 Å². The zero-order valence-corrected chi connectivity index (χ0v) is 18.6. The SMILES string of the molecule is O=C1CCC(N2Cc3c(OCc4ccc(CN5CCC(F)(F)C5)cc4)cccc3C2=O)C(=O)N1. The summed E-state index contributed by atoms with van der Waals surface area (Å²) in [6.07, 6.45) is 0.419. The highest BCUT2D eigenvalue weighted by Crippen LogP contribution is 2.34. The second-order valence-electron chi connectivity index (χ2n) is 9.10. The molecule has 3 heterocycles. The van der Waals surface area contributed by atoms with Crippen LogP contribution < -0.4 is 10.1 Å². The van der Waals surface area contributed by atoms with Gasteiger partial charge in [0.05, 0.1) is 13.1 Å². The van der Waals surface area contributed by atoms with Crippen LogP contribution in [0.5, 0.6) is 5.75 Å². The van der Waals surface area contributed by atoms with E-state index in [1.165, 1.54) is 4.90 Å². The highest BCUT2D eigenvalue weighted by atomic mass is 19.3. The van der Waals surface area contributed by atoms with Gasteiger partial charge in [0.15, 0.2) is 0 Å². The van der Waals surface area contributed by atoms with Gasteiger partial charge in [0.1, 0.15) is 18.4 Å². The van der Waals surface area contributed by atoms with Crippen molar-refractivity contribution in [1.82, 2.24) is 15.1 Å². The maximum absolute atomic E-state index is 13.4. The maximum Gasteiger partial charge on any atom is 0.261 e. The quantitative estimate of drug-likeness (QED) is 0.659. The Hall–Kier alpha value is -3.33. The summed E-state index contributed by atoms with van der Waals surface area (Å²) in [7, 11) is 0. The summed E-state index contributed by atoms with van der Waals surface area (Å²) < 4.78 is 32.8. The van der Waals surface area contributed by atoms with E-state index in [1.54, 1.807) is 23.1 Å². The van der Waals surface area contributed by atoms with Gasteiger partial charge < -0.3 is 9.64 Å². The fourth-order valence-electron chi connectivity index (χ4n) is 4.79. The second kappa shape index (κ2) is 8.79. The lowest BCUT2D eigenvalue weighted by molar-refractivity contribution is -0.136. The Morgan fingerprint density at radius 2 is 1.82 bits per heavy atom. The maximum atomic E-state index is 13.4. The van der Waals surface area contributed by atoms with Crippen LogP contribution in [0.4, 0.5) is 8.78 Å². The first kappa shape index (κ1) is 22.5. The van der Waals surface area contributed by atoms with E-state index in [4.69, 9.17) is 4.74 Å². The molecule has 0 aromatic heterocycles. The molecule has 2 aromatic rings. The number of halogens is 2. The number of carbonyl (C=O) groups excluding carboxylic acids is 3. The Morgan fingerprint density at radius 3 is 2.53 bits per heavy atom. The monoisotopic (exact) mass is 469 g/mol. The zero-order chi connectivity index (χ0) is 23.9. The van der Waals surface area contributed by atoms with Crippen molar-refractivity contribution in [1.29, 1.82) is 0 Å². The molecule has 1 atom stereocenters. The Bertz CT molecular complexity index is 1140.